The fourth-order valence-corrected chi connectivity index (χ4v) is 4.32. The number of nitriles is 1. The van der Waals surface area contributed by atoms with Crippen LogP contribution in [0.25, 0.3) is 11.3 Å². The molecule has 1 aliphatic carbocycles. The number of pyridine rings is 1. The first-order valence-corrected chi connectivity index (χ1v) is 10.7. The Morgan fingerprint density at radius 1 is 0.926 bits per heavy atom. The van der Waals surface area contributed by atoms with Gasteiger partial charge in [-0.2, -0.15) is 5.26 Å². The summed E-state index contributed by atoms with van der Waals surface area (Å²) in [4.78, 5) is 4.64. The Kier molecular flexibility index (Phi) is 7.45. The number of hydrogen-bond donors (Lipinski definition) is 0. The predicted molar refractivity (Wildman–Crippen MR) is 112 cm³/mol. The average Bonchev–Trinajstić information content (AvgIpc) is 2.74. The van der Waals surface area contributed by atoms with Crippen LogP contribution < -0.4 is 0 Å². The molecule has 0 bridgehead atoms. The van der Waals surface area contributed by atoms with E-state index in [2.05, 4.69) is 30.1 Å². The minimum atomic E-state index is 0.690. The van der Waals surface area contributed by atoms with Crippen LogP contribution in [0.2, 0.25) is 0 Å². The fraction of sp³-hybridized carbons (Fsp3) is 0.520. The monoisotopic (exact) mass is 360 g/mol. The highest BCUT2D eigenvalue weighted by molar-refractivity contribution is 5.60. The van der Waals surface area contributed by atoms with Crippen LogP contribution >= 0.6 is 0 Å². The van der Waals surface area contributed by atoms with E-state index in [0.29, 0.717) is 5.56 Å². The smallest absolute Gasteiger partial charge is 0.0991 e. The highest BCUT2D eigenvalue weighted by Gasteiger charge is 2.20. The molecule has 1 saturated carbocycles. The molecule has 27 heavy (non-hydrogen) atoms. The zero-order valence-electron chi connectivity index (χ0n) is 16.7. The van der Waals surface area contributed by atoms with E-state index in [0.717, 1.165) is 29.5 Å². The van der Waals surface area contributed by atoms with Gasteiger partial charge in [0.05, 0.1) is 17.3 Å². The standard InChI is InChI=1S/C25H32N2/c1-2-3-4-5-20-6-8-21(9-7-20)10-11-23-14-17-25(27-19-23)24-15-12-22(18-26)13-16-24/h12-17,19-21H,2-11H2,1H3. The second-order valence-electron chi connectivity index (χ2n) is 8.16. The second-order valence-corrected chi connectivity index (χ2v) is 8.16. The summed E-state index contributed by atoms with van der Waals surface area (Å²) in [5.74, 6) is 1.91. The lowest BCUT2D eigenvalue weighted by atomic mass is 9.78. The number of rotatable bonds is 8. The molecule has 1 aromatic carbocycles. The van der Waals surface area contributed by atoms with Gasteiger partial charge in [0.2, 0.25) is 0 Å². The molecule has 0 radical (unpaired) electrons. The summed E-state index contributed by atoms with van der Waals surface area (Å²) in [5.41, 5.74) is 4.09. The molecule has 0 aliphatic heterocycles. The van der Waals surface area contributed by atoms with Gasteiger partial charge in [-0.1, -0.05) is 76.5 Å². The van der Waals surface area contributed by atoms with Gasteiger partial charge >= 0.3 is 0 Å². The SMILES string of the molecule is CCCCCC1CCC(CCc2ccc(-c3ccc(C#N)cc3)nc2)CC1. The maximum Gasteiger partial charge on any atom is 0.0991 e. The van der Waals surface area contributed by atoms with Gasteiger partial charge in [0.1, 0.15) is 0 Å². The van der Waals surface area contributed by atoms with Crippen molar-refractivity contribution in [1.82, 2.24) is 4.98 Å². The number of nitrogens with zero attached hydrogens (tertiary/aromatic N) is 2. The first-order valence-electron chi connectivity index (χ1n) is 10.7. The largest absolute Gasteiger partial charge is 0.256 e. The Balaban J connectivity index is 1.43. The van der Waals surface area contributed by atoms with Crippen molar-refractivity contribution in [2.45, 2.75) is 71.1 Å². The van der Waals surface area contributed by atoms with Crippen molar-refractivity contribution in [1.29, 1.82) is 5.26 Å². The minimum Gasteiger partial charge on any atom is -0.256 e. The maximum atomic E-state index is 8.90. The molecular weight excluding hydrogens is 328 g/mol. The second kappa shape index (κ2) is 10.3. The fourth-order valence-electron chi connectivity index (χ4n) is 4.32. The maximum absolute atomic E-state index is 8.90. The molecule has 1 aromatic heterocycles. The third-order valence-electron chi connectivity index (χ3n) is 6.16. The summed E-state index contributed by atoms with van der Waals surface area (Å²) in [7, 11) is 0. The van der Waals surface area contributed by atoms with E-state index >= 15 is 0 Å². The van der Waals surface area contributed by atoms with Gasteiger partial charge in [-0.3, -0.25) is 4.98 Å². The van der Waals surface area contributed by atoms with E-state index in [9.17, 15) is 0 Å². The molecule has 0 unspecified atom stereocenters. The van der Waals surface area contributed by atoms with Gasteiger partial charge in [0.25, 0.3) is 0 Å². The van der Waals surface area contributed by atoms with Crippen molar-refractivity contribution in [2.75, 3.05) is 0 Å². The van der Waals surface area contributed by atoms with Crippen LogP contribution in [0.4, 0.5) is 0 Å². The van der Waals surface area contributed by atoms with Crippen LogP contribution in [-0.4, -0.2) is 4.98 Å². The van der Waals surface area contributed by atoms with E-state index in [4.69, 9.17) is 5.26 Å². The molecule has 2 nitrogen and oxygen atoms in total. The highest BCUT2D eigenvalue weighted by Crippen LogP contribution is 2.34. The number of aryl methyl sites for hydroxylation is 1. The summed E-state index contributed by atoms with van der Waals surface area (Å²) < 4.78 is 0. The molecule has 0 saturated heterocycles. The van der Waals surface area contributed by atoms with Gasteiger partial charge in [-0.25, -0.2) is 0 Å². The Labute approximate surface area is 164 Å². The average molecular weight is 361 g/mol. The first-order chi connectivity index (χ1) is 13.3. The van der Waals surface area contributed by atoms with Gasteiger partial charge in [0, 0.05) is 11.8 Å². The number of hydrogen-bond acceptors (Lipinski definition) is 2. The van der Waals surface area contributed by atoms with Crippen molar-refractivity contribution in [3.63, 3.8) is 0 Å². The van der Waals surface area contributed by atoms with E-state index in [1.54, 1.807) is 0 Å². The molecule has 1 aliphatic rings. The van der Waals surface area contributed by atoms with Crippen LogP contribution in [0.15, 0.2) is 42.6 Å². The lowest BCUT2D eigenvalue weighted by molar-refractivity contribution is 0.249. The van der Waals surface area contributed by atoms with E-state index in [1.807, 2.05) is 30.5 Å². The quantitative estimate of drug-likeness (QED) is 0.478. The zero-order chi connectivity index (χ0) is 18.9. The molecule has 3 rings (SSSR count). The van der Waals surface area contributed by atoms with Crippen LogP contribution in [0, 0.1) is 23.2 Å². The summed E-state index contributed by atoms with van der Waals surface area (Å²) in [6.07, 6.45) is 15.9. The minimum absolute atomic E-state index is 0.690. The first kappa shape index (κ1) is 19.6. The molecule has 2 heteroatoms. The third-order valence-corrected chi connectivity index (χ3v) is 6.16. The molecule has 0 atom stereocenters. The highest BCUT2D eigenvalue weighted by atomic mass is 14.7. The molecular formula is C25H32N2. The zero-order valence-corrected chi connectivity index (χ0v) is 16.7. The van der Waals surface area contributed by atoms with Crippen LogP contribution in [0.1, 0.15) is 75.8 Å². The van der Waals surface area contributed by atoms with Gasteiger partial charge in [0.15, 0.2) is 0 Å². The Morgan fingerprint density at radius 3 is 2.22 bits per heavy atom. The number of benzene rings is 1. The summed E-state index contributed by atoms with van der Waals surface area (Å²) in [6, 6.07) is 14.1. The van der Waals surface area contributed by atoms with Gasteiger partial charge in [-0.05, 0) is 48.4 Å². The Morgan fingerprint density at radius 2 is 1.63 bits per heavy atom. The van der Waals surface area contributed by atoms with Crippen LogP contribution in [0.3, 0.4) is 0 Å². The van der Waals surface area contributed by atoms with E-state index in [1.165, 1.54) is 63.4 Å². The topological polar surface area (TPSA) is 36.7 Å². The summed E-state index contributed by atoms with van der Waals surface area (Å²) in [6.45, 7) is 2.29. The molecule has 0 amide bonds. The van der Waals surface area contributed by atoms with Crippen LogP contribution in [-0.2, 0) is 6.42 Å². The van der Waals surface area contributed by atoms with Crippen molar-refractivity contribution < 1.29 is 0 Å². The molecule has 0 N–H and O–H groups in total. The predicted octanol–water partition coefficient (Wildman–Crippen LogP) is 6.94. The third kappa shape index (κ3) is 5.93. The van der Waals surface area contributed by atoms with E-state index < -0.39 is 0 Å². The van der Waals surface area contributed by atoms with E-state index in [-0.39, 0.29) is 0 Å². The summed E-state index contributed by atoms with van der Waals surface area (Å²) >= 11 is 0. The molecule has 2 aromatic rings. The van der Waals surface area contributed by atoms with Crippen molar-refractivity contribution in [3.8, 4) is 17.3 Å². The normalized spacial score (nSPS) is 19.6. The van der Waals surface area contributed by atoms with Crippen molar-refractivity contribution >= 4 is 0 Å². The molecule has 1 heterocycles. The number of unbranched alkanes of at least 4 members (excludes halogenated alkanes) is 2. The van der Waals surface area contributed by atoms with Crippen LogP contribution in [0.5, 0.6) is 0 Å². The lowest BCUT2D eigenvalue weighted by Crippen LogP contribution is -2.15. The number of aromatic nitrogens is 1. The van der Waals surface area contributed by atoms with Crippen molar-refractivity contribution in [2.24, 2.45) is 11.8 Å². The Hall–Kier alpha value is -2.14. The van der Waals surface area contributed by atoms with Gasteiger partial charge < -0.3 is 0 Å². The summed E-state index contributed by atoms with van der Waals surface area (Å²) in [5, 5.41) is 8.90. The molecule has 142 valence electrons. The Bertz CT molecular complexity index is 716. The lowest BCUT2D eigenvalue weighted by Gasteiger charge is -2.28. The van der Waals surface area contributed by atoms with Crippen molar-refractivity contribution in [3.05, 3.63) is 53.7 Å². The van der Waals surface area contributed by atoms with Gasteiger partial charge in [-0.15, -0.1) is 0 Å². The molecule has 1 fully saturated rings. The molecule has 0 spiro atoms.